The first-order chi connectivity index (χ1) is 14.2. The maximum atomic E-state index is 12.5. The van der Waals surface area contributed by atoms with E-state index in [-0.39, 0.29) is 10.8 Å². The molecule has 0 bridgehead atoms. The minimum absolute atomic E-state index is 0.0636. The molecule has 0 saturated heterocycles. The van der Waals surface area contributed by atoms with Gasteiger partial charge in [-0.05, 0) is 47.2 Å². The fourth-order valence-electron chi connectivity index (χ4n) is 2.55. The van der Waals surface area contributed by atoms with E-state index in [1.165, 1.54) is 0 Å². The standard InChI is InChI=1S/C16H11NO11S3/c18-17(19)12-2-5-13(6-3-12)31(26,27)28-15-8-10-1-4-14(29(20,21)22)7-11(10)9-16(15)30(23,24)25/h1-9H,(H,20,21,22)(H,23,24,25)/p-2. The average Bonchev–Trinajstić information content (AvgIpc) is 2.65. The summed E-state index contributed by atoms with van der Waals surface area (Å²) in [5.41, 5.74) is -0.406. The van der Waals surface area contributed by atoms with Gasteiger partial charge in [-0.2, -0.15) is 8.42 Å². The van der Waals surface area contributed by atoms with Crippen LogP contribution in [0.25, 0.3) is 10.8 Å². The van der Waals surface area contributed by atoms with Crippen molar-refractivity contribution in [3.05, 3.63) is 64.7 Å². The molecule has 0 saturated carbocycles. The molecule has 3 aromatic rings. The highest BCUT2D eigenvalue weighted by molar-refractivity contribution is 7.87. The molecule has 164 valence electrons. The molecule has 15 heteroatoms. The van der Waals surface area contributed by atoms with E-state index in [2.05, 4.69) is 0 Å². The number of hydrogen-bond acceptors (Lipinski definition) is 11. The molecule has 0 fully saturated rings. The number of hydrogen-bond donors (Lipinski definition) is 0. The lowest BCUT2D eigenvalue weighted by atomic mass is 10.1. The zero-order valence-corrected chi connectivity index (χ0v) is 17.3. The molecule has 0 unspecified atom stereocenters. The van der Waals surface area contributed by atoms with E-state index in [0.29, 0.717) is 6.07 Å². The summed E-state index contributed by atoms with van der Waals surface area (Å²) in [6.07, 6.45) is 0. The second kappa shape index (κ2) is 7.54. The van der Waals surface area contributed by atoms with E-state index in [0.717, 1.165) is 48.5 Å². The smallest absolute Gasteiger partial charge is 0.339 e. The summed E-state index contributed by atoms with van der Waals surface area (Å²) in [4.78, 5) is 7.55. The number of fused-ring (bicyclic) bond motifs is 1. The SMILES string of the molecule is O=[N+]([O-])c1ccc(S(=O)(=O)Oc2cc3ccc(S(=O)(=O)[O-])cc3cc2S(=O)(=O)[O-])cc1. The Balaban J connectivity index is 2.15. The monoisotopic (exact) mass is 487 g/mol. The minimum atomic E-state index is -5.30. The predicted octanol–water partition coefficient (Wildman–Crippen LogP) is 1.32. The molecule has 0 aliphatic heterocycles. The first kappa shape index (κ1) is 22.6. The third-order valence-electron chi connectivity index (χ3n) is 3.97. The van der Waals surface area contributed by atoms with E-state index < -0.39 is 61.4 Å². The van der Waals surface area contributed by atoms with Crippen molar-refractivity contribution in [3.8, 4) is 5.75 Å². The number of benzene rings is 3. The summed E-state index contributed by atoms with van der Waals surface area (Å²) in [7, 11) is -14.9. The van der Waals surface area contributed by atoms with Gasteiger partial charge in [0, 0.05) is 12.1 Å². The van der Waals surface area contributed by atoms with Crippen LogP contribution in [0, 0.1) is 10.1 Å². The topological polar surface area (TPSA) is 201 Å². The fraction of sp³-hybridized carbons (Fsp3) is 0. The van der Waals surface area contributed by atoms with Crippen molar-refractivity contribution in [3.63, 3.8) is 0 Å². The summed E-state index contributed by atoms with van der Waals surface area (Å²) >= 11 is 0. The molecule has 3 aromatic carbocycles. The summed E-state index contributed by atoms with van der Waals surface area (Å²) in [6.45, 7) is 0. The summed E-state index contributed by atoms with van der Waals surface area (Å²) in [5.74, 6) is -0.876. The van der Waals surface area contributed by atoms with Crippen LogP contribution < -0.4 is 4.18 Å². The summed E-state index contributed by atoms with van der Waals surface area (Å²) < 4.78 is 98.1. The molecule has 3 rings (SSSR count). The molecule has 0 spiro atoms. The number of rotatable bonds is 6. The maximum Gasteiger partial charge on any atom is 0.339 e. The van der Waals surface area contributed by atoms with Gasteiger partial charge >= 0.3 is 10.1 Å². The van der Waals surface area contributed by atoms with Gasteiger partial charge in [0.25, 0.3) is 5.69 Å². The Labute approximate surface area is 175 Å². The van der Waals surface area contributed by atoms with E-state index >= 15 is 0 Å². The molecular formula is C16H9NO11S3-2. The molecule has 0 aliphatic rings. The Hall–Kier alpha value is -3.11. The van der Waals surface area contributed by atoms with Crippen LogP contribution in [-0.4, -0.2) is 39.3 Å². The molecule has 12 nitrogen and oxygen atoms in total. The van der Waals surface area contributed by atoms with Gasteiger partial charge in [0.1, 0.15) is 25.1 Å². The van der Waals surface area contributed by atoms with Crippen LogP contribution in [0.4, 0.5) is 5.69 Å². The zero-order valence-electron chi connectivity index (χ0n) is 14.9. The molecule has 0 atom stereocenters. The van der Waals surface area contributed by atoms with E-state index in [1.807, 2.05) is 0 Å². The Morgan fingerprint density at radius 2 is 1.29 bits per heavy atom. The van der Waals surface area contributed by atoms with Gasteiger partial charge in [0.05, 0.1) is 14.7 Å². The van der Waals surface area contributed by atoms with E-state index in [9.17, 15) is 44.5 Å². The van der Waals surface area contributed by atoms with Crippen molar-refractivity contribution in [2.24, 2.45) is 0 Å². The second-order valence-corrected chi connectivity index (χ2v) is 10.3. The van der Waals surface area contributed by atoms with Crippen molar-refractivity contribution < 1.29 is 43.5 Å². The van der Waals surface area contributed by atoms with Crippen molar-refractivity contribution >= 4 is 46.8 Å². The van der Waals surface area contributed by atoms with Crippen molar-refractivity contribution in [1.82, 2.24) is 0 Å². The highest BCUT2D eigenvalue weighted by Gasteiger charge is 2.22. The van der Waals surface area contributed by atoms with Crippen molar-refractivity contribution in [2.45, 2.75) is 14.7 Å². The number of nitrogens with zero attached hydrogens (tertiary/aromatic N) is 1. The lowest BCUT2D eigenvalue weighted by molar-refractivity contribution is -0.384. The minimum Gasteiger partial charge on any atom is -0.744 e. The van der Waals surface area contributed by atoms with Crippen LogP contribution >= 0.6 is 0 Å². The molecule has 0 radical (unpaired) electrons. The lowest BCUT2D eigenvalue weighted by Gasteiger charge is -2.16. The maximum absolute atomic E-state index is 12.5. The second-order valence-electron chi connectivity index (χ2n) is 6.00. The molecule has 0 heterocycles. The molecule has 0 aromatic heterocycles. The van der Waals surface area contributed by atoms with Crippen LogP contribution in [-0.2, 0) is 30.4 Å². The zero-order chi connectivity index (χ0) is 23.2. The highest BCUT2D eigenvalue weighted by Crippen LogP contribution is 2.33. The van der Waals surface area contributed by atoms with Gasteiger partial charge in [-0.1, -0.05) is 6.07 Å². The van der Waals surface area contributed by atoms with Gasteiger partial charge in [0.15, 0.2) is 5.75 Å². The van der Waals surface area contributed by atoms with E-state index in [4.69, 9.17) is 4.18 Å². The van der Waals surface area contributed by atoms with Gasteiger partial charge in [0.2, 0.25) is 0 Å². The summed E-state index contributed by atoms with van der Waals surface area (Å²) in [5, 5.41) is 10.6. The Morgan fingerprint density at radius 1 is 0.710 bits per heavy atom. The largest absolute Gasteiger partial charge is 0.744 e. The molecular weight excluding hydrogens is 478 g/mol. The Morgan fingerprint density at radius 3 is 1.81 bits per heavy atom. The van der Waals surface area contributed by atoms with Gasteiger partial charge in [-0.15, -0.1) is 0 Å². The van der Waals surface area contributed by atoms with Crippen molar-refractivity contribution in [1.29, 1.82) is 0 Å². The number of non-ortho nitro benzene ring substituents is 1. The third-order valence-corrected chi connectivity index (χ3v) is 6.91. The van der Waals surface area contributed by atoms with Gasteiger partial charge in [-0.25, -0.2) is 16.8 Å². The quantitative estimate of drug-likeness (QED) is 0.210. The lowest BCUT2D eigenvalue weighted by Crippen LogP contribution is -2.12. The van der Waals surface area contributed by atoms with Gasteiger partial charge < -0.3 is 13.3 Å². The molecule has 31 heavy (non-hydrogen) atoms. The number of nitro groups is 1. The Bertz CT molecular complexity index is 1530. The molecule has 0 aliphatic carbocycles. The highest BCUT2D eigenvalue weighted by atomic mass is 32.2. The average molecular weight is 487 g/mol. The number of nitro benzene ring substituents is 1. The molecule has 0 amide bonds. The Kier molecular flexibility index (Phi) is 5.49. The predicted molar refractivity (Wildman–Crippen MR) is 101 cm³/mol. The third kappa shape index (κ3) is 4.80. The first-order valence-corrected chi connectivity index (χ1v) is 12.1. The van der Waals surface area contributed by atoms with Crippen molar-refractivity contribution in [2.75, 3.05) is 0 Å². The van der Waals surface area contributed by atoms with Gasteiger partial charge in [-0.3, -0.25) is 10.1 Å². The normalized spacial score (nSPS) is 12.6. The van der Waals surface area contributed by atoms with E-state index in [1.54, 1.807) is 0 Å². The summed E-state index contributed by atoms with van der Waals surface area (Å²) in [6, 6.07) is 7.83. The van der Waals surface area contributed by atoms with Crippen LogP contribution in [0.2, 0.25) is 0 Å². The van der Waals surface area contributed by atoms with Crippen LogP contribution in [0.1, 0.15) is 0 Å². The van der Waals surface area contributed by atoms with Crippen LogP contribution in [0.5, 0.6) is 5.75 Å². The molecule has 0 N–H and O–H groups in total. The van der Waals surface area contributed by atoms with Crippen LogP contribution in [0.15, 0.2) is 69.3 Å². The fourth-order valence-corrected chi connectivity index (χ4v) is 4.67. The van der Waals surface area contributed by atoms with Crippen LogP contribution in [0.3, 0.4) is 0 Å². The first-order valence-electron chi connectivity index (χ1n) is 7.87.